The zero-order chi connectivity index (χ0) is 14.6. The normalized spacial score (nSPS) is 15.4. The lowest BCUT2D eigenvalue weighted by Gasteiger charge is -2.20. The number of carbonyl (C=O) groups is 2. The molecule has 1 aromatic carbocycles. The lowest BCUT2D eigenvalue weighted by molar-refractivity contribution is -0.146. The summed E-state index contributed by atoms with van der Waals surface area (Å²) in [6.45, 7) is 4.94. The molecule has 3 atom stereocenters. The van der Waals surface area contributed by atoms with Crippen LogP contribution in [0.5, 0.6) is 0 Å². The van der Waals surface area contributed by atoms with E-state index < -0.39 is 17.8 Å². The van der Waals surface area contributed by atoms with Crippen molar-refractivity contribution in [3.8, 4) is 0 Å². The Morgan fingerprint density at radius 1 is 1.16 bits per heavy atom. The molecule has 2 N–H and O–H groups in total. The van der Waals surface area contributed by atoms with Gasteiger partial charge in [0.2, 0.25) is 5.91 Å². The van der Waals surface area contributed by atoms with Crippen molar-refractivity contribution in [2.45, 2.75) is 26.8 Å². The number of nitrogens with one attached hydrogen (secondary N) is 1. The van der Waals surface area contributed by atoms with E-state index in [2.05, 4.69) is 5.32 Å². The third kappa shape index (κ3) is 3.96. The van der Waals surface area contributed by atoms with Crippen molar-refractivity contribution in [3.63, 3.8) is 0 Å². The van der Waals surface area contributed by atoms with Gasteiger partial charge >= 0.3 is 5.97 Å². The highest BCUT2D eigenvalue weighted by Gasteiger charge is 2.26. The fourth-order valence-corrected chi connectivity index (χ4v) is 1.99. The molecule has 0 aromatic heterocycles. The predicted molar refractivity (Wildman–Crippen MR) is 74.0 cm³/mol. The van der Waals surface area contributed by atoms with Crippen molar-refractivity contribution >= 4 is 23.5 Å². The first-order valence-electron chi connectivity index (χ1n) is 6.12. The Hall–Kier alpha value is -1.55. The van der Waals surface area contributed by atoms with Crippen LogP contribution in [0.1, 0.15) is 32.4 Å². The van der Waals surface area contributed by atoms with E-state index in [1.54, 1.807) is 13.0 Å². The molecule has 5 heteroatoms. The molecule has 0 saturated heterocycles. The quantitative estimate of drug-likeness (QED) is 0.873. The second-order valence-electron chi connectivity index (χ2n) is 4.67. The van der Waals surface area contributed by atoms with Crippen LogP contribution in [0.4, 0.5) is 0 Å². The fraction of sp³-hybridized carbons (Fsp3) is 0.429. The summed E-state index contributed by atoms with van der Waals surface area (Å²) in [5.41, 5.74) is 0.813. The standard InChI is InChI=1S/C14H18ClNO3/c1-8(9(2)14(18)19)13(17)16-10(3)11-6-4-5-7-12(11)15/h4-10H,1-3H3,(H,16,17)(H,18,19)/t8?,9?,10-/m1/s1. The highest BCUT2D eigenvalue weighted by atomic mass is 35.5. The van der Waals surface area contributed by atoms with E-state index in [9.17, 15) is 9.59 Å². The molecule has 19 heavy (non-hydrogen) atoms. The Morgan fingerprint density at radius 2 is 1.74 bits per heavy atom. The van der Waals surface area contributed by atoms with Gasteiger partial charge in [-0.1, -0.05) is 43.6 Å². The van der Waals surface area contributed by atoms with Gasteiger partial charge in [-0.25, -0.2) is 0 Å². The fourth-order valence-electron chi connectivity index (χ4n) is 1.69. The van der Waals surface area contributed by atoms with Crippen molar-refractivity contribution in [2.75, 3.05) is 0 Å². The molecule has 0 radical (unpaired) electrons. The van der Waals surface area contributed by atoms with E-state index in [1.165, 1.54) is 6.92 Å². The van der Waals surface area contributed by atoms with Crippen LogP contribution in [-0.2, 0) is 9.59 Å². The smallest absolute Gasteiger partial charge is 0.307 e. The summed E-state index contributed by atoms with van der Waals surface area (Å²) >= 11 is 6.05. The van der Waals surface area contributed by atoms with Crippen LogP contribution >= 0.6 is 11.6 Å². The Kier molecular flexibility index (Phi) is 5.36. The molecule has 0 bridgehead atoms. The van der Waals surface area contributed by atoms with Gasteiger partial charge in [0, 0.05) is 10.9 Å². The Morgan fingerprint density at radius 3 is 2.26 bits per heavy atom. The molecule has 0 aliphatic carbocycles. The number of hydrogen-bond donors (Lipinski definition) is 2. The molecular formula is C14H18ClNO3. The first-order chi connectivity index (χ1) is 8.84. The van der Waals surface area contributed by atoms with Gasteiger partial charge in [0.15, 0.2) is 0 Å². The average Bonchev–Trinajstić information content (AvgIpc) is 2.37. The van der Waals surface area contributed by atoms with Crippen LogP contribution < -0.4 is 5.32 Å². The van der Waals surface area contributed by atoms with Gasteiger partial charge in [0.1, 0.15) is 0 Å². The summed E-state index contributed by atoms with van der Waals surface area (Å²) in [5.74, 6) is -2.59. The zero-order valence-corrected chi connectivity index (χ0v) is 11.9. The third-order valence-corrected chi connectivity index (χ3v) is 3.63. The van der Waals surface area contributed by atoms with Crippen molar-refractivity contribution in [1.82, 2.24) is 5.32 Å². The van der Waals surface area contributed by atoms with E-state index in [0.717, 1.165) is 5.56 Å². The number of benzene rings is 1. The van der Waals surface area contributed by atoms with E-state index in [4.69, 9.17) is 16.7 Å². The largest absolute Gasteiger partial charge is 0.481 e. The SMILES string of the molecule is CC(C(=O)O)C(C)C(=O)N[C@H](C)c1ccccc1Cl. The minimum absolute atomic E-state index is 0.260. The summed E-state index contributed by atoms with van der Waals surface area (Å²) in [7, 11) is 0. The maximum atomic E-state index is 12.0. The zero-order valence-electron chi connectivity index (χ0n) is 11.2. The van der Waals surface area contributed by atoms with Crippen molar-refractivity contribution in [3.05, 3.63) is 34.9 Å². The van der Waals surface area contributed by atoms with Gasteiger partial charge in [-0.05, 0) is 18.6 Å². The van der Waals surface area contributed by atoms with Crippen LogP contribution in [0.2, 0.25) is 5.02 Å². The molecule has 0 aliphatic heterocycles. The number of halogens is 1. The maximum absolute atomic E-state index is 12.0. The number of carboxylic acids is 1. The second kappa shape index (κ2) is 6.57. The van der Waals surface area contributed by atoms with Crippen LogP contribution in [0, 0.1) is 11.8 Å². The second-order valence-corrected chi connectivity index (χ2v) is 5.07. The molecule has 0 fully saturated rings. The topological polar surface area (TPSA) is 66.4 Å². The van der Waals surface area contributed by atoms with Crippen molar-refractivity contribution in [2.24, 2.45) is 11.8 Å². The maximum Gasteiger partial charge on any atom is 0.307 e. The number of hydrogen-bond acceptors (Lipinski definition) is 2. The summed E-state index contributed by atoms with van der Waals surface area (Å²) in [5, 5.41) is 12.3. The van der Waals surface area contributed by atoms with Crippen LogP contribution in [0.25, 0.3) is 0 Å². The Labute approximate surface area is 117 Å². The molecule has 1 amide bonds. The lowest BCUT2D eigenvalue weighted by Crippen LogP contribution is -2.36. The number of carboxylic acid groups (broad SMARTS) is 1. The van der Waals surface area contributed by atoms with Gasteiger partial charge in [-0.3, -0.25) is 9.59 Å². The highest BCUT2D eigenvalue weighted by Crippen LogP contribution is 2.23. The molecule has 0 heterocycles. The third-order valence-electron chi connectivity index (χ3n) is 3.28. The van der Waals surface area contributed by atoms with Crippen LogP contribution in [-0.4, -0.2) is 17.0 Å². The Bertz CT molecular complexity index is 476. The minimum Gasteiger partial charge on any atom is -0.481 e. The summed E-state index contributed by atoms with van der Waals surface area (Å²) in [6, 6.07) is 6.98. The average molecular weight is 284 g/mol. The molecule has 2 unspecified atom stereocenters. The van der Waals surface area contributed by atoms with E-state index >= 15 is 0 Å². The van der Waals surface area contributed by atoms with Crippen LogP contribution in [0.3, 0.4) is 0 Å². The number of aliphatic carboxylic acids is 1. The molecule has 104 valence electrons. The van der Waals surface area contributed by atoms with Gasteiger partial charge in [-0.2, -0.15) is 0 Å². The van der Waals surface area contributed by atoms with E-state index in [0.29, 0.717) is 5.02 Å². The number of rotatable bonds is 5. The first kappa shape index (κ1) is 15.5. The molecule has 1 rings (SSSR count). The van der Waals surface area contributed by atoms with Crippen LogP contribution in [0.15, 0.2) is 24.3 Å². The molecule has 0 saturated carbocycles. The number of amides is 1. The summed E-state index contributed by atoms with van der Waals surface area (Å²) < 4.78 is 0. The van der Waals surface area contributed by atoms with Gasteiger partial charge < -0.3 is 10.4 Å². The molecular weight excluding hydrogens is 266 g/mol. The summed E-state index contributed by atoms with van der Waals surface area (Å²) in [6.07, 6.45) is 0. The predicted octanol–water partition coefficient (Wildman–Crippen LogP) is 2.87. The van der Waals surface area contributed by atoms with E-state index in [-0.39, 0.29) is 11.9 Å². The first-order valence-corrected chi connectivity index (χ1v) is 6.50. The van der Waals surface area contributed by atoms with Gasteiger partial charge in [0.25, 0.3) is 0 Å². The van der Waals surface area contributed by atoms with E-state index in [1.807, 2.05) is 25.1 Å². The molecule has 1 aromatic rings. The number of carbonyl (C=O) groups excluding carboxylic acids is 1. The monoisotopic (exact) mass is 283 g/mol. The van der Waals surface area contributed by atoms with Gasteiger partial charge in [-0.15, -0.1) is 0 Å². The molecule has 0 aliphatic rings. The minimum atomic E-state index is -0.979. The summed E-state index contributed by atoms with van der Waals surface area (Å²) in [4.78, 5) is 22.8. The molecule has 4 nitrogen and oxygen atoms in total. The Balaban J connectivity index is 2.72. The van der Waals surface area contributed by atoms with Crippen molar-refractivity contribution in [1.29, 1.82) is 0 Å². The molecule has 0 spiro atoms. The highest BCUT2D eigenvalue weighted by molar-refractivity contribution is 6.31. The van der Waals surface area contributed by atoms with Crippen molar-refractivity contribution < 1.29 is 14.7 Å². The van der Waals surface area contributed by atoms with Gasteiger partial charge in [0.05, 0.1) is 12.0 Å². The lowest BCUT2D eigenvalue weighted by atomic mass is 9.94.